The van der Waals surface area contributed by atoms with Gasteiger partial charge in [0.25, 0.3) is 0 Å². The van der Waals surface area contributed by atoms with E-state index in [-0.39, 0.29) is 17.3 Å². The van der Waals surface area contributed by atoms with Gasteiger partial charge in [-0.2, -0.15) is 0 Å². The Morgan fingerprint density at radius 3 is 2.50 bits per heavy atom. The van der Waals surface area contributed by atoms with Crippen LogP contribution in [0, 0.1) is 11.7 Å². The van der Waals surface area contributed by atoms with Gasteiger partial charge in [-0.3, -0.25) is 0 Å². The van der Waals surface area contributed by atoms with Crippen LogP contribution in [-0.4, -0.2) is 19.8 Å². The van der Waals surface area contributed by atoms with Crippen LogP contribution in [0.1, 0.15) is 50.5 Å². The van der Waals surface area contributed by atoms with E-state index in [1.54, 1.807) is 12.2 Å². The third-order valence-electron chi connectivity index (χ3n) is 5.62. The zero-order valence-corrected chi connectivity index (χ0v) is 16.4. The van der Waals surface area contributed by atoms with Crippen molar-refractivity contribution >= 4 is 0 Å². The predicted molar refractivity (Wildman–Crippen MR) is 104 cm³/mol. The lowest BCUT2D eigenvalue weighted by Gasteiger charge is -2.27. The van der Waals surface area contributed by atoms with Crippen LogP contribution >= 0.6 is 0 Å². The molecule has 0 spiro atoms. The number of allylic oxidation sites excluding steroid dienone is 4. The van der Waals surface area contributed by atoms with Crippen molar-refractivity contribution in [3.05, 3.63) is 65.0 Å². The minimum Gasteiger partial charge on any atom is -0.494 e. The second kappa shape index (κ2) is 9.46. The molecule has 3 rings (SSSR count). The highest BCUT2D eigenvalue weighted by atomic mass is 19.2. The molecule has 2 aliphatic rings. The van der Waals surface area contributed by atoms with Crippen LogP contribution in [0.3, 0.4) is 0 Å². The minimum absolute atomic E-state index is 0.186. The molecule has 1 atom stereocenters. The summed E-state index contributed by atoms with van der Waals surface area (Å²) in [5.41, 5.74) is 1.02. The van der Waals surface area contributed by atoms with Crippen molar-refractivity contribution in [3.63, 3.8) is 0 Å². The molecular formula is C23H27F3O2. The Morgan fingerprint density at radius 2 is 1.86 bits per heavy atom. The van der Waals surface area contributed by atoms with E-state index in [2.05, 4.69) is 0 Å². The number of hydrogen-bond acceptors (Lipinski definition) is 2. The number of ether oxygens (including phenoxy) is 2. The standard InChI is InChI=1S/C23H27F3O2/c1-3-28-18-11-12-19(20(24)14-18)16-7-4-15(5-8-16)6-9-17-10-13-21(27-2)23(26)22(17)25/h6,9-12,14-16,21H,3-5,7-8,13H2,1-2H3/b9-6+/t15?,16?,21-/m1/s1. The molecule has 0 bridgehead atoms. The molecule has 0 amide bonds. The van der Waals surface area contributed by atoms with Crippen LogP contribution in [0.25, 0.3) is 0 Å². The molecule has 5 heteroatoms. The summed E-state index contributed by atoms with van der Waals surface area (Å²) in [6, 6.07) is 5.10. The van der Waals surface area contributed by atoms with Gasteiger partial charge in [0, 0.05) is 18.7 Å². The molecule has 0 aromatic heterocycles. The first kappa shape index (κ1) is 20.7. The predicted octanol–water partition coefficient (Wildman–Crippen LogP) is 6.55. The molecular weight excluding hydrogens is 365 g/mol. The first-order chi connectivity index (χ1) is 13.5. The third kappa shape index (κ3) is 4.69. The van der Waals surface area contributed by atoms with Crippen molar-refractivity contribution in [2.45, 2.75) is 51.0 Å². The van der Waals surface area contributed by atoms with Crippen LogP contribution in [0.5, 0.6) is 5.75 Å². The van der Waals surface area contributed by atoms with E-state index >= 15 is 0 Å². The molecule has 0 saturated heterocycles. The van der Waals surface area contributed by atoms with Gasteiger partial charge in [0.15, 0.2) is 11.7 Å². The second-order valence-electron chi connectivity index (χ2n) is 7.37. The summed E-state index contributed by atoms with van der Waals surface area (Å²) < 4.78 is 52.6. The van der Waals surface area contributed by atoms with Crippen molar-refractivity contribution in [1.29, 1.82) is 0 Å². The van der Waals surface area contributed by atoms with E-state index in [0.717, 1.165) is 31.2 Å². The lowest BCUT2D eigenvalue weighted by atomic mass is 9.78. The maximum atomic E-state index is 14.4. The third-order valence-corrected chi connectivity index (χ3v) is 5.62. The van der Waals surface area contributed by atoms with Crippen molar-refractivity contribution in [2.75, 3.05) is 13.7 Å². The van der Waals surface area contributed by atoms with Gasteiger partial charge in [0.05, 0.1) is 6.61 Å². The number of halogens is 3. The van der Waals surface area contributed by atoms with E-state index in [0.29, 0.717) is 24.7 Å². The topological polar surface area (TPSA) is 18.5 Å². The Kier molecular flexibility index (Phi) is 7.00. The van der Waals surface area contributed by atoms with Gasteiger partial charge < -0.3 is 9.47 Å². The number of hydrogen-bond donors (Lipinski definition) is 0. The molecule has 1 saturated carbocycles. The molecule has 1 fully saturated rings. The summed E-state index contributed by atoms with van der Waals surface area (Å²) in [4.78, 5) is 0. The Morgan fingerprint density at radius 1 is 1.11 bits per heavy atom. The fourth-order valence-corrected chi connectivity index (χ4v) is 4.01. The average molecular weight is 392 g/mol. The average Bonchev–Trinajstić information content (AvgIpc) is 2.70. The number of rotatable bonds is 6. The second-order valence-corrected chi connectivity index (χ2v) is 7.37. The Labute approximate surface area is 164 Å². The molecule has 2 aliphatic carbocycles. The molecule has 0 heterocycles. The fraction of sp³-hybridized carbons (Fsp3) is 0.478. The number of benzene rings is 1. The van der Waals surface area contributed by atoms with E-state index in [9.17, 15) is 13.2 Å². The van der Waals surface area contributed by atoms with Gasteiger partial charge >= 0.3 is 0 Å². The Bertz CT molecular complexity index is 774. The summed E-state index contributed by atoms with van der Waals surface area (Å²) in [6.07, 6.45) is 8.35. The lowest BCUT2D eigenvalue weighted by molar-refractivity contribution is 0.109. The molecule has 152 valence electrons. The summed E-state index contributed by atoms with van der Waals surface area (Å²) in [5.74, 6) is -0.852. The van der Waals surface area contributed by atoms with Crippen molar-refractivity contribution in [3.8, 4) is 5.75 Å². The highest BCUT2D eigenvalue weighted by molar-refractivity contribution is 5.41. The number of methoxy groups -OCH3 is 1. The zero-order valence-electron chi connectivity index (χ0n) is 16.4. The van der Waals surface area contributed by atoms with Gasteiger partial charge in [0.2, 0.25) is 0 Å². The Balaban J connectivity index is 1.57. The van der Waals surface area contributed by atoms with Crippen LogP contribution in [0.4, 0.5) is 13.2 Å². The SMILES string of the molecule is CCOc1ccc(C2CCC(/C=C/C3=CC[C@@H](OC)C(F)=C3F)CC2)c(F)c1. The summed E-state index contributed by atoms with van der Waals surface area (Å²) in [6.45, 7) is 2.38. The maximum Gasteiger partial charge on any atom is 0.165 e. The fourth-order valence-electron chi connectivity index (χ4n) is 4.01. The maximum absolute atomic E-state index is 14.4. The zero-order chi connectivity index (χ0) is 20.1. The van der Waals surface area contributed by atoms with E-state index in [1.165, 1.54) is 13.2 Å². The van der Waals surface area contributed by atoms with Gasteiger partial charge in [-0.25, -0.2) is 13.2 Å². The van der Waals surface area contributed by atoms with Crippen LogP contribution < -0.4 is 4.74 Å². The highest BCUT2D eigenvalue weighted by Gasteiger charge is 2.26. The lowest BCUT2D eigenvalue weighted by Crippen LogP contribution is -2.15. The van der Waals surface area contributed by atoms with Gasteiger partial charge in [-0.05, 0) is 62.5 Å². The largest absolute Gasteiger partial charge is 0.494 e. The molecule has 1 aromatic rings. The van der Waals surface area contributed by atoms with Crippen LogP contribution in [0.15, 0.2) is 53.7 Å². The molecule has 1 aromatic carbocycles. The highest BCUT2D eigenvalue weighted by Crippen LogP contribution is 2.38. The molecule has 0 radical (unpaired) electrons. The first-order valence-electron chi connectivity index (χ1n) is 9.92. The van der Waals surface area contributed by atoms with Crippen molar-refractivity contribution < 1.29 is 22.6 Å². The molecule has 28 heavy (non-hydrogen) atoms. The summed E-state index contributed by atoms with van der Waals surface area (Å²) >= 11 is 0. The smallest absolute Gasteiger partial charge is 0.165 e. The molecule has 0 unspecified atom stereocenters. The molecule has 2 nitrogen and oxygen atoms in total. The van der Waals surface area contributed by atoms with Crippen molar-refractivity contribution in [1.82, 2.24) is 0 Å². The van der Waals surface area contributed by atoms with E-state index in [1.807, 2.05) is 25.1 Å². The monoisotopic (exact) mass is 392 g/mol. The van der Waals surface area contributed by atoms with Crippen LogP contribution in [0.2, 0.25) is 0 Å². The minimum atomic E-state index is -0.834. The summed E-state index contributed by atoms with van der Waals surface area (Å²) in [7, 11) is 1.37. The van der Waals surface area contributed by atoms with E-state index in [4.69, 9.17) is 9.47 Å². The van der Waals surface area contributed by atoms with Gasteiger partial charge in [-0.15, -0.1) is 0 Å². The molecule has 0 N–H and O–H groups in total. The molecule has 0 aliphatic heterocycles. The quantitative estimate of drug-likeness (QED) is 0.546. The van der Waals surface area contributed by atoms with Crippen LogP contribution in [-0.2, 0) is 4.74 Å². The van der Waals surface area contributed by atoms with Gasteiger partial charge in [0.1, 0.15) is 17.7 Å². The summed E-state index contributed by atoms with van der Waals surface area (Å²) in [5, 5.41) is 0. The van der Waals surface area contributed by atoms with Gasteiger partial charge in [-0.1, -0.05) is 24.3 Å². The normalized spacial score (nSPS) is 25.9. The van der Waals surface area contributed by atoms with Crippen molar-refractivity contribution in [2.24, 2.45) is 5.92 Å². The first-order valence-corrected chi connectivity index (χ1v) is 9.92. The van der Waals surface area contributed by atoms with E-state index < -0.39 is 17.8 Å². The Hall–Kier alpha value is -2.01.